The topological polar surface area (TPSA) is 69.2 Å². The molecule has 0 saturated carbocycles. The number of hydrogen-bond acceptors (Lipinski definition) is 4. The molecule has 0 amide bonds. The highest BCUT2D eigenvalue weighted by Crippen LogP contribution is 2.24. The van der Waals surface area contributed by atoms with Gasteiger partial charge in [-0.3, -0.25) is 4.79 Å². The number of hydrogen-bond donors (Lipinski definition) is 2. The van der Waals surface area contributed by atoms with E-state index in [1.165, 1.54) is 0 Å². The third-order valence-corrected chi connectivity index (χ3v) is 3.84. The number of piperidine rings is 1. The lowest BCUT2D eigenvalue weighted by Gasteiger charge is -2.34. The number of H-pyrrole nitrogens is 1. The van der Waals surface area contributed by atoms with E-state index in [1.54, 1.807) is 6.07 Å². The van der Waals surface area contributed by atoms with Crippen molar-refractivity contribution in [1.82, 2.24) is 9.97 Å². The largest absolute Gasteiger partial charge is 0.393 e. The molecule has 1 atom stereocenters. The molecule has 2 rings (SSSR count). The molecule has 2 N–H and O–H groups in total. The maximum absolute atomic E-state index is 11.7. The fourth-order valence-corrected chi connectivity index (χ4v) is 2.51. The van der Waals surface area contributed by atoms with Crippen LogP contribution >= 0.6 is 0 Å². The van der Waals surface area contributed by atoms with E-state index < -0.39 is 0 Å². The van der Waals surface area contributed by atoms with E-state index in [0.717, 1.165) is 37.6 Å². The molecule has 19 heavy (non-hydrogen) atoms. The zero-order valence-electron chi connectivity index (χ0n) is 11.9. The second-order valence-electron chi connectivity index (χ2n) is 5.71. The third kappa shape index (κ3) is 3.35. The molecule has 0 aromatic carbocycles. The summed E-state index contributed by atoms with van der Waals surface area (Å²) < 4.78 is 0. The molecule has 0 bridgehead atoms. The molecule has 1 aliphatic rings. The Hall–Kier alpha value is -1.36. The van der Waals surface area contributed by atoms with Crippen LogP contribution in [0.1, 0.15) is 45.4 Å². The number of aromatic amines is 1. The average molecular weight is 265 g/mol. The Labute approximate surface area is 113 Å². The third-order valence-electron chi connectivity index (χ3n) is 3.84. The number of rotatable bonds is 3. The Bertz CT molecular complexity index is 474. The Balaban J connectivity index is 2.13. The summed E-state index contributed by atoms with van der Waals surface area (Å²) in [5, 5.41) is 9.61. The number of nitrogens with zero attached hydrogens (tertiary/aromatic N) is 2. The molecule has 0 radical (unpaired) electrons. The minimum absolute atomic E-state index is 0.0913. The normalized spacial score (nSPS) is 18.9. The van der Waals surface area contributed by atoms with Crippen molar-refractivity contribution in [3.8, 4) is 0 Å². The zero-order valence-corrected chi connectivity index (χ0v) is 11.9. The summed E-state index contributed by atoms with van der Waals surface area (Å²) in [5.41, 5.74) is -0.0913. The van der Waals surface area contributed by atoms with E-state index in [-0.39, 0.29) is 17.6 Å². The molecule has 5 nitrogen and oxygen atoms in total. The molecule has 1 fully saturated rings. The van der Waals surface area contributed by atoms with Crippen LogP contribution in [0.2, 0.25) is 0 Å². The lowest BCUT2D eigenvalue weighted by molar-refractivity contribution is 0.109. The van der Waals surface area contributed by atoms with Crippen LogP contribution in [0.4, 0.5) is 5.82 Å². The highest BCUT2D eigenvalue weighted by molar-refractivity contribution is 5.38. The van der Waals surface area contributed by atoms with Crippen molar-refractivity contribution < 1.29 is 5.11 Å². The minimum Gasteiger partial charge on any atom is -0.393 e. The predicted molar refractivity (Wildman–Crippen MR) is 75.6 cm³/mol. The Morgan fingerprint density at radius 3 is 2.53 bits per heavy atom. The molecule has 1 saturated heterocycles. The first-order valence-corrected chi connectivity index (χ1v) is 7.01. The average Bonchev–Trinajstić information content (AvgIpc) is 2.38. The fraction of sp³-hybridized carbons (Fsp3) is 0.714. The van der Waals surface area contributed by atoms with Crippen LogP contribution < -0.4 is 10.5 Å². The molecular formula is C14H23N3O2. The summed E-state index contributed by atoms with van der Waals surface area (Å²) in [7, 11) is 0. The molecule has 106 valence electrons. The van der Waals surface area contributed by atoms with Crippen LogP contribution in [0.5, 0.6) is 0 Å². The van der Waals surface area contributed by atoms with Gasteiger partial charge in [0.2, 0.25) is 0 Å². The van der Waals surface area contributed by atoms with Gasteiger partial charge in [0.1, 0.15) is 11.6 Å². The fourth-order valence-electron chi connectivity index (χ4n) is 2.51. The van der Waals surface area contributed by atoms with Crippen LogP contribution in [-0.4, -0.2) is 34.3 Å². The lowest BCUT2D eigenvalue weighted by atomic mass is 9.92. The van der Waals surface area contributed by atoms with Gasteiger partial charge >= 0.3 is 0 Å². The Morgan fingerprint density at radius 2 is 2.00 bits per heavy atom. The maximum atomic E-state index is 11.7. The number of anilines is 1. The van der Waals surface area contributed by atoms with Crippen LogP contribution in [0, 0.1) is 5.92 Å². The summed E-state index contributed by atoms with van der Waals surface area (Å²) in [4.78, 5) is 21.1. The van der Waals surface area contributed by atoms with E-state index in [1.807, 2.05) is 20.8 Å². The molecule has 2 heterocycles. The minimum atomic E-state index is -0.250. The second-order valence-corrected chi connectivity index (χ2v) is 5.71. The van der Waals surface area contributed by atoms with Crippen LogP contribution in [0.15, 0.2) is 10.9 Å². The van der Waals surface area contributed by atoms with Gasteiger partial charge < -0.3 is 15.0 Å². The van der Waals surface area contributed by atoms with Gasteiger partial charge in [-0.2, -0.15) is 0 Å². The first-order chi connectivity index (χ1) is 8.97. The molecule has 1 unspecified atom stereocenters. The van der Waals surface area contributed by atoms with Crippen LogP contribution in [-0.2, 0) is 0 Å². The summed E-state index contributed by atoms with van der Waals surface area (Å²) in [6.45, 7) is 7.58. The van der Waals surface area contributed by atoms with Gasteiger partial charge in [0.05, 0.1) is 6.10 Å². The van der Waals surface area contributed by atoms with Crippen molar-refractivity contribution in [2.45, 2.75) is 45.6 Å². The second kappa shape index (κ2) is 5.74. The number of aliphatic hydroxyl groups excluding tert-OH is 1. The standard InChI is InChI=1S/C14H23N3O2/c1-9(2)14-15-12(8-13(19)16-14)17-6-4-11(5-7-17)10(3)18/h8-11,18H,4-7H2,1-3H3,(H,15,16,19). The van der Waals surface area contributed by atoms with E-state index in [0.29, 0.717) is 5.92 Å². The van der Waals surface area contributed by atoms with E-state index in [4.69, 9.17) is 0 Å². The Morgan fingerprint density at radius 1 is 1.37 bits per heavy atom. The summed E-state index contributed by atoms with van der Waals surface area (Å²) >= 11 is 0. The van der Waals surface area contributed by atoms with Crippen molar-refractivity contribution in [1.29, 1.82) is 0 Å². The van der Waals surface area contributed by atoms with E-state index in [2.05, 4.69) is 14.9 Å². The van der Waals surface area contributed by atoms with Crippen LogP contribution in [0.25, 0.3) is 0 Å². The van der Waals surface area contributed by atoms with Crippen molar-refractivity contribution in [3.63, 3.8) is 0 Å². The molecule has 1 aliphatic heterocycles. The zero-order chi connectivity index (χ0) is 14.0. The van der Waals surface area contributed by atoms with Gasteiger partial charge in [-0.15, -0.1) is 0 Å². The van der Waals surface area contributed by atoms with Crippen molar-refractivity contribution >= 4 is 5.82 Å². The molecule has 1 aromatic rings. The van der Waals surface area contributed by atoms with E-state index >= 15 is 0 Å². The number of aromatic nitrogens is 2. The first-order valence-electron chi connectivity index (χ1n) is 7.01. The number of aliphatic hydroxyl groups is 1. The SMILES string of the molecule is CC(C)c1nc(N2CCC(C(C)O)CC2)cc(=O)[nH]1. The quantitative estimate of drug-likeness (QED) is 0.869. The van der Waals surface area contributed by atoms with Crippen molar-refractivity contribution in [2.75, 3.05) is 18.0 Å². The van der Waals surface area contributed by atoms with Gasteiger partial charge in [-0.05, 0) is 25.7 Å². The van der Waals surface area contributed by atoms with Gasteiger partial charge in [0, 0.05) is 25.1 Å². The first kappa shape index (κ1) is 14.1. The van der Waals surface area contributed by atoms with Gasteiger partial charge in [-0.1, -0.05) is 13.8 Å². The number of nitrogens with one attached hydrogen (secondary N) is 1. The molecule has 1 aromatic heterocycles. The maximum Gasteiger partial charge on any atom is 0.252 e. The van der Waals surface area contributed by atoms with Crippen molar-refractivity contribution in [2.24, 2.45) is 5.92 Å². The highest BCUT2D eigenvalue weighted by Gasteiger charge is 2.23. The highest BCUT2D eigenvalue weighted by atomic mass is 16.3. The summed E-state index contributed by atoms with van der Waals surface area (Å²) in [6.07, 6.45) is 1.65. The molecule has 5 heteroatoms. The summed E-state index contributed by atoms with van der Waals surface area (Å²) in [5.74, 6) is 2.07. The Kier molecular flexibility index (Phi) is 4.24. The molecular weight excluding hydrogens is 242 g/mol. The molecule has 0 spiro atoms. The van der Waals surface area contributed by atoms with Crippen LogP contribution in [0.3, 0.4) is 0 Å². The predicted octanol–water partition coefficient (Wildman–Crippen LogP) is 1.49. The smallest absolute Gasteiger partial charge is 0.252 e. The van der Waals surface area contributed by atoms with Gasteiger partial charge in [-0.25, -0.2) is 4.98 Å². The monoisotopic (exact) mass is 265 g/mol. The summed E-state index contributed by atoms with van der Waals surface area (Å²) in [6, 6.07) is 1.56. The van der Waals surface area contributed by atoms with E-state index in [9.17, 15) is 9.90 Å². The van der Waals surface area contributed by atoms with Gasteiger partial charge in [0.25, 0.3) is 5.56 Å². The lowest BCUT2D eigenvalue weighted by Crippen LogP contribution is -2.38. The van der Waals surface area contributed by atoms with Gasteiger partial charge in [0.15, 0.2) is 0 Å². The van der Waals surface area contributed by atoms with Crippen molar-refractivity contribution in [3.05, 3.63) is 22.2 Å². The molecule has 0 aliphatic carbocycles.